The fraction of sp³-hybridized carbons (Fsp3) is 0.100. The Morgan fingerprint density at radius 1 is 0.421 bits per heavy atom. The molecule has 14 N–H and O–H groups in total. The zero-order valence-corrected chi connectivity index (χ0v) is 40.9. The van der Waals surface area contributed by atoms with E-state index >= 15 is 0 Å². The van der Waals surface area contributed by atoms with Gasteiger partial charge in [0.15, 0.2) is 0 Å². The van der Waals surface area contributed by atoms with Crippen LogP contribution < -0.4 is 31.9 Å². The summed E-state index contributed by atoms with van der Waals surface area (Å²) >= 11 is 0. The van der Waals surface area contributed by atoms with Crippen molar-refractivity contribution in [1.82, 2.24) is 29.9 Å². The molecule has 36 heteroatoms. The summed E-state index contributed by atoms with van der Waals surface area (Å²) in [6.07, 6.45) is 0.0171. The van der Waals surface area contributed by atoms with Crippen LogP contribution in [0.1, 0.15) is 24.0 Å². The Hall–Kier alpha value is -9.04. The highest BCUT2D eigenvalue weighted by atomic mass is 32.2. The minimum absolute atomic E-state index is 0.223. The summed E-state index contributed by atoms with van der Waals surface area (Å²) in [5.41, 5.74) is -1.69. The Kier molecular flexibility index (Phi) is 16.7. The zero-order valence-electron chi connectivity index (χ0n) is 37.6. The average molecular weight is 1130 g/mol. The molecule has 0 aliphatic rings. The maximum atomic E-state index is 12.8. The van der Waals surface area contributed by atoms with Gasteiger partial charge >= 0.3 is 23.9 Å². The van der Waals surface area contributed by atoms with Crippen LogP contribution in [-0.4, -0.2) is 138 Å². The number of hydrogen-bond acceptors (Lipinski definition) is 24. The summed E-state index contributed by atoms with van der Waals surface area (Å²) in [7, 11) is -20.1. The first kappa shape index (κ1) is 56.3. The molecule has 4 aromatic carbocycles. The van der Waals surface area contributed by atoms with Crippen LogP contribution >= 0.6 is 0 Å². The third kappa shape index (κ3) is 15.3. The molecule has 0 radical (unpaired) electrons. The number of nitrogens with zero attached hydrogens (tertiary/aromatic N) is 6. The van der Waals surface area contributed by atoms with Crippen LogP contribution in [0.2, 0.25) is 0 Å². The minimum atomic E-state index is -5.18. The third-order valence-electron chi connectivity index (χ3n) is 9.59. The molecular formula is C40H36N12O20S4. The largest absolute Gasteiger partial charge is 0.481 e. The molecule has 0 amide bonds. The van der Waals surface area contributed by atoms with E-state index in [0.717, 1.165) is 48.6 Å². The lowest BCUT2D eigenvalue weighted by Gasteiger charge is -2.16. The van der Waals surface area contributed by atoms with Crippen molar-refractivity contribution in [3.63, 3.8) is 0 Å². The van der Waals surface area contributed by atoms with Crippen molar-refractivity contribution in [2.24, 2.45) is 0 Å². The topological polar surface area (TPSA) is 516 Å². The normalized spacial score (nSPS) is 12.7. The highest BCUT2D eigenvalue weighted by Crippen LogP contribution is 2.31. The van der Waals surface area contributed by atoms with Crippen molar-refractivity contribution in [3.05, 3.63) is 96.1 Å². The van der Waals surface area contributed by atoms with E-state index in [-0.39, 0.29) is 33.9 Å². The highest BCUT2D eigenvalue weighted by molar-refractivity contribution is 7.86. The van der Waals surface area contributed by atoms with Gasteiger partial charge < -0.3 is 52.3 Å². The number of carboxylic acids is 4. The zero-order chi connectivity index (χ0) is 55.9. The lowest BCUT2D eigenvalue weighted by Crippen LogP contribution is -2.32. The molecule has 2 heterocycles. The van der Waals surface area contributed by atoms with Crippen molar-refractivity contribution >= 4 is 135 Å². The van der Waals surface area contributed by atoms with E-state index in [0.29, 0.717) is 0 Å². The molecule has 2 unspecified atom stereocenters. The van der Waals surface area contributed by atoms with Crippen molar-refractivity contribution < 1.29 is 91.5 Å². The van der Waals surface area contributed by atoms with Gasteiger partial charge in [-0.25, -0.2) is 9.59 Å². The van der Waals surface area contributed by atoms with Crippen LogP contribution in [0, 0.1) is 0 Å². The number of aliphatic carboxylic acids is 4. The van der Waals surface area contributed by atoms with Crippen LogP contribution in [0.25, 0.3) is 12.2 Å². The van der Waals surface area contributed by atoms with Gasteiger partial charge in [-0.1, -0.05) is 48.6 Å². The number of carbonyl (C=O) groups is 4. The summed E-state index contributed by atoms with van der Waals surface area (Å²) in [4.78, 5) is 67.4. The molecule has 0 aliphatic carbocycles. The number of carboxylic acid groups (broad SMARTS) is 4. The van der Waals surface area contributed by atoms with Crippen LogP contribution in [0.5, 0.6) is 0 Å². The van der Waals surface area contributed by atoms with E-state index in [1.54, 1.807) is 0 Å². The molecule has 76 heavy (non-hydrogen) atoms. The van der Waals surface area contributed by atoms with Gasteiger partial charge in [0.25, 0.3) is 40.5 Å². The standard InChI is InChI=1S/C40H36N12O20S4/c53-31(54)17-25(33(57)58)45-39-49-35(47-37(51-39)43-23-5-1-3-7-27(23)73(61,62)63)41-21-13-11-19(29(15-21)75(67,68)69)9-10-20-12-14-22(16-30(20)76(70,71)72)42-36-48-38(44-24-6-2-4-8-28(24)74(64,65)66)52-40(50-36)46-26(34(59)60)18-32(55)56/h1-16,25-26H,17-18H2,(H,53,54)(H,55,56)(H,57,58)(H,59,60)(H,61,62,63)(H,64,65,66)(H,67,68,69)(H,70,71,72)(H3,41,43,45,47,49,51)(H3,42,44,46,48,50,52)/b10-9+. The Bertz CT molecular complexity index is 3550. The quantitative estimate of drug-likeness (QED) is 0.0306. The van der Waals surface area contributed by atoms with E-state index in [9.17, 15) is 91.5 Å². The second-order valence-electron chi connectivity index (χ2n) is 15.1. The number of hydrogen-bond donors (Lipinski definition) is 14. The Morgan fingerprint density at radius 2 is 0.724 bits per heavy atom. The molecule has 0 saturated heterocycles. The van der Waals surface area contributed by atoms with Gasteiger partial charge in [-0.15, -0.1) is 0 Å². The predicted octanol–water partition coefficient (Wildman–Crippen LogP) is 2.87. The monoisotopic (exact) mass is 1130 g/mol. The molecule has 400 valence electrons. The summed E-state index contributed by atoms with van der Waals surface area (Å²) in [6, 6.07) is 12.1. The number of benzene rings is 4. The van der Waals surface area contributed by atoms with Gasteiger partial charge in [0, 0.05) is 11.4 Å². The fourth-order valence-corrected chi connectivity index (χ4v) is 9.10. The van der Waals surface area contributed by atoms with Crippen LogP contribution in [0.15, 0.2) is 105 Å². The Morgan fingerprint density at radius 3 is 1.03 bits per heavy atom. The van der Waals surface area contributed by atoms with Gasteiger partial charge in [0.05, 0.1) is 24.2 Å². The number of nitrogens with one attached hydrogen (secondary N) is 6. The SMILES string of the molecule is O=C(O)CC(Nc1nc(Nc2ccc(/C=C/c3ccc(Nc4nc(Nc5ccccc5S(=O)(=O)O)nc(NC(CC(=O)O)C(=O)O)n4)cc3S(=O)(=O)O)c(S(=O)(=O)O)c2)nc(Nc2ccccc2S(=O)(=O)O)n1)C(=O)O. The van der Waals surface area contributed by atoms with Crippen LogP contribution in [0.3, 0.4) is 0 Å². The molecule has 0 saturated carbocycles. The number of aromatic nitrogens is 6. The lowest BCUT2D eigenvalue weighted by molar-refractivity contribution is -0.144. The first-order chi connectivity index (χ1) is 35.4. The molecule has 0 fully saturated rings. The maximum Gasteiger partial charge on any atom is 0.326 e. The number of rotatable bonds is 24. The van der Waals surface area contributed by atoms with E-state index in [1.165, 1.54) is 48.5 Å². The molecule has 6 aromatic rings. The summed E-state index contributed by atoms with van der Waals surface area (Å²) in [5.74, 6) is -9.82. The third-order valence-corrected chi connectivity index (χ3v) is 13.2. The van der Waals surface area contributed by atoms with E-state index in [4.69, 9.17) is 0 Å². The first-order valence-electron chi connectivity index (χ1n) is 20.5. The molecule has 6 rings (SSSR count). The van der Waals surface area contributed by atoms with E-state index in [1.807, 2.05) is 0 Å². The Labute approximate surface area is 427 Å². The minimum Gasteiger partial charge on any atom is -0.481 e. The summed E-state index contributed by atoms with van der Waals surface area (Å²) in [5, 5.41) is 52.4. The fourth-order valence-electron chi connectivity index (χ4n) is 6.38. The number of anilines is 10. The molecule has 0 aliphatic heterocycles. The van der Waals surface area contributed by atoms with Gasteiger partial charge in [0.2, 0.25) is 35.7 Å². The Balaban J connectivity index is 1.35. The molecule has 2 atom stereocenters. The average Bonchev–Trinajstić information content (AvgIpc) is 3.29. The molecule has 32 nitrogen and oxygen atoms in total. The number of para-hydroxylation sites is 2. The van der Waals surface area contributed by atoms with Crippen LogP contribution in [0.4, 0.5) is 58.4 Å². The molecule has 0 spiro atoms. The summed E-state index contributed by atoms with van der Waals surface area (Å²) in [6.45, 7) is 0. The van der Waals surface area contributed by atoms with Crippen molar-refractivity contribution in [2.75, 3.05) is 31.9 Å². The molecular weight excluding hydrogens is 1100 g/mol. The van der Waals surface area contributed by atoms with Crippen molar-refractivity contribution in [3.8, 4) is 0 Å². The van der Waals surface area contributed by atoms with E-state index in [2.05, 4.69) is 61.8 Å². The predicted molar refractivity (Wildman–Crippen MR) is 261 cm³/mol. The molecule has 0 bridgehead atoms. The highest BCUT2D eigenvalue weighted by Gasteiger charge is 2.26. The second-order valence-corrected chi connectivity index (χ2v) is 20.7. The van der Waals surface area contributed by atoms with Gasteiger partial charge in [-0.2, -0.15) is 63.6 Å². The van der Waals surface area contributed by atoms with Gasteiger partial charge in [-0.3, -0.25) is 27.8 Å². The summed E-state index contributed by atoms with van der Waals surface area (Å²) < 4.78 is 139. The van der Waals surface area contributed by atoms with Crippen molar-refractivity contribution in [2.45, 2.75) is 44.5 Å². The van der Waals surface area contributed by atoms with Crippen LogP contribution in [-0.2, 0) is 59.7 Å². The van der Waals surface area contributed by atoms with Gasteiger partial charge in [-0.05, 0) is 59.7 Å². The first-order valence-corrected chi connectivity index (χ1v) is 26.3. The smallest absolute Gasteiger partial charge is 0.326 e. The second kappa shape index (κ2) is 22.6. The van der Waals surface area contributed by atoms with E-state index < -0.39 is 145 Å². The lowest BCUT2D eigenvalue weighted by atomic mass is 10.1. The van der Waals surface area contributed by atoms with Gasteiger partial charge in [0.1, 0.15) is 31.7 Å². The molecule has 2 aromatic heterocycles. The maximum absolute atomic E-state index is 12.8. The van der Waals surface area contributed by atoms with Crippen molar-refractivity contribution in [1.29, 1.82) is 0 Å².